The molecule has 5 aliphatic rings. The second-order valence-corrected chi connectivity index (χ2v) is 14.3. The Hall–Kier alpha value is -3.68. The molecule has 46 heavy (non-hydrogen) atoms. The summed E-state index contributed by atoms with van der Waals surface area (Å²) in [6.45, 7) is 4.76. The minimum Gasteiger partial charge on any atom is -0.508 e. The van der Waals surface area contributed by atoms with Gasteiger partial charge in [-0.25, -0.2) is 4.39 Å². The number of anilines is 1. The number of aromatic hydroxyl groups is 1. The lowest BCUT2D eigenvalue weighted by Crippen LogP contribution is -2.51. The van der Waals surface area contributed by atoms with Crippen LogP contribution < -0.4 is 15.0 Å². The molecule has 0 radical (unpaired) electrons. The number of piperazine rings is 1. The highest BCUT2D eigenvalue weighted by atomic mass is 35.5. The van der Waals surface area contributed by atoms with Crippen LogP contribution in [0, 0.1) is 23.6 Å². The summed E-state index contributed by atoms with van der Waals surface area (Å²) in [4.78, 5) is 14.4. The Morgan fingerprint density at radius 3 is 2.70 bits per heavy atom. The lowest BCUT2D eigenvalue weighted by Gasteiger charge is -2.34. The first-order chi connectivity index (χ1) is 22.4. The molecule has 10 heteroatoms. The van der Waals surface area contributed by atoms with E-state index in [2.05, 4.69) is 21.0 Å². The first kappa shape index (κ1) is 28.5. The minimum atomic E-state index is -0.595. The molecule has 1 aromatic heterocycles. The molecule has 5 fully saturated rings. The van der Waals surface area contributed by atoms with E-state index in [0.717, 1.165) is 64.9 Å². The number of hydrogen-bond acceptors (Lipinski definition) is 8. The first-order valence-corrected chi connectivity index (χ1v) is 16.7. The first-order valence-electron chi connectivity index (χ1n) is 16.3. The van der Waals surface area contributed by atoms with Gasteiger partial charge in [-0.3, -0.25) is 4.90 Å². The molecule has 0 spiro atoms. The fourth-order valence-electron chi connectivity index (χ4n) is 8.26. The number of halogens is 2. The predicted molar refractivity (Wildman–Crippen MR) is 176 cm³/mol. The molecule has 8 nitrogen and oxygen atoms in total. The molecule has 9 rings (SSSR count). The van der Waals surface area contributed by atoms with E-state index in [0.29, 0.717) is 63.9 Å². The fourth-order valence-corrected chi connectivity index (χ4v) is 8.55. The van der Waals surface area contributed by atoms with Gasteiger partial charge in [-0.2, -0.15) is 9.97 Å². The van der Waals surface area contributed by atoms with Crippen molar-refractivity contribution < 1.29 is 19.0 Å². The SMILES string of the molecule is C#Cc1cccc2cc(O)cc(-c3c(Cl)cc4c(N5CC6CCC(C5)N6)nc(OCC5(CN6C[C@H]7C[C@@H]6CO7)CC5)nc4c3F)c12. The van der Waals surface area contributed by atoms with Crippen LogP contribution in [-0.2, 0) is 4.74 Å². The normalized spacial score (nSPS) is 26.2. The number of nitrogens with one attached hydrogen (secondary N) is 1. The topological polar surface area (TPSA) is 83.0 Å². The van der Waals surface area contributed by atoms with Gasteiger partial charge >= 0.3 is 6.01 Å². The molecule has 1 aliphatic carbocycles. The van der Waals surface area contributed by atoms with E-state index in [1.54, 1.807) is 18.2 Å². The van der Waals surface area contributed by atoms with Crippen LogP contribution in [0.1, 0.15) is 37.7 Å². The summed E-state index contributed by atoms with van der Waals surface area (Å²) in [5.41, 5.74) is 1.32. The van der Waals surface area contributed by atoms with E-state index in [1.807, 2.05) is 12.1 Å². The standard InChI is InChI=1S/C36H35ClFN5O3/c1-2-20-4-3-5-21-10-25(44)12-27(30(20)21)31-29(37)13-28-33(32(31)38)40-35(41-34(28)42-14-22-6-7-23(15-42)39-22)46-19-36(8-9-36)18-43-16-26-11-24(43)17-45-26/h1,3-5,10,12-13,22-24,26,39,44H,6-9,11,14-19H2/t22?,23?,24-,26-/m1/s1. The molecule has 2 unspecified atom stereocenters. The largest absolute Gasteiger partial charge is 0.508 e. The van der Waals surface area contributed by atoms with Crippen LogP contribution in [0.3, 0.4) is 0 Å². The number of nitrogens with zero attached hydrogens (tertiary/aromatic N) is 4. The number of benzene rings is 3. The highest BCUT2D eigenvalue weighted by molar-refractivity contribution is 6.35. The van der Waals surface area contributed by atoms with E-state index in [4.69, 9.17) is 37.5 Å². The van der Waals surface area contributed by atoms with Gasteiger partial charge in [0.05, 0.1) is 24.3 Å². The van der Waals surface area contributed by atoms with Crippen molar-refractivity contribution in [3.8, 4) is 35.2 Å². The van der Waals surface area contributed by atoms with Gasteiger partial charge in [0.2, 0.25) is 0 Å². The molecule has 0 amide bonds. The van der Waals surface area contributed by atoms with Crippen molar-refractivity contribution in [1.82, 2.24) is 20.2 Å². The van der Waals surface area contributed by atoms with E-state index in [1.165, 1.54) is 6.07 Å². The number of terminal acetylenes is 1. The lowest BCUT2D eigenvalue weighted by molar-refractivity contribution is 0.0176. The number of aromatic nitrogens is 2. The number of fused-ring (bicyclic) bond motifs is 6. The summed E-state index contributed by atoms with van der Waals surface area (Å²) in [6.07, 6.45) is 11.7. The quantitative estimate of drug-likeness (QED) is 0.257. The van der Waals surface area contributed by atoms with Crippen LogP contribution >= 0.6 is 11.6 Å². The monoisotopic (exact) mass is 639 g/mol. The predicted octanol–water partition coefficient (Wildman–Crippen LogP) is 5.50. The maximum absolute atomic E-state index is 17.0. The summed E-state index contributed by atoms with van der Waals surface area (Å²) < 4.78 is 29.2. The minimum absolute atomic E-state index is 0.0107. The number of rotatable bonds is 7. The Balaban J connectivity index is 1.14. The van der Waals surface area contributed by atoms with Gasteiger partial charge in [-0.15, -0.1) is 6.42 Å². The molecule has 4 aromatic rings. The maximum atomic E-state index is 17.0. The number of ether oxygens (including phenoxy) is 2. The zero-order valence-corrected chi connectivity index (χ0v) is 26.2. The number of hydrogen-bond donors (Lipinski definition) is 2. The maximum Gasteiger partial charge on any atom is 0.319 e. The molecule has 2 N–H and O–H groups in total. The fraction of sp³-hybridized carbons (Fsp3) is 0.444. The van der Waals surface area contributed by atoms with Crippen LogP contribution in [0.2, 0.25) is 5.02 Å². The van der Waals surface area contributed by atoms with Crippen molar-refractivity contribution in [2.75, 3.05) is 44.3 Å². The molecular weight excluding hydrogens is 605 g/mol. The van der Waals surface area contributed by atoms with Crippen molar-refractivity contribution in [3.05, 3.63) is 52.8 Å². The zero-order chi connectivity index (χ0) is 31.2. The molecule has 4 atom stereocenters. The highest BCUT2D eigenvalue weighted by Gasteiger charge is 2.49. The molecular formula is C36H35ClFN5O3. The van der Waals surface area contributed by atoms with Crippen molar-refractivity contribution in [1.29, 1.82) is 0 Å². The average molecular weight is 640 g/mol. The van der Waals surface area contributed by atoms with Crippen molar-refractivity contribution in [2.24, 2.45) is 5.41 Å². The van der Waals surface area contributed by atoms with Gasteiger partial charge in [0.15, 0.2) is 5.82 Å². The number of phenols is 1. The van der Waals surface area contributed by atoms with Crippen LogP contribution in [0.25, 0.3) is 32.8 Å². The van der Waals surface area contributed by atoms with Crippen LogP contribution in [0.5, 0.6) is 11.8 Å². The third kappa shape index (κ3) is 4.77. The van der Waals surface area contributed by atoms with E-state index in [-0.39, 0.29) is 33.3 Å². The van der Waals surface area contributed by atoms with E-state index < -0.39 is 5.82 Å². The summed E-state index contributed by atoms with van der Waals surface area (Å²) in [5, 5.41) is 16.4. The van der Waals surface area contributed by atoms with Gasteiger partial charge in [0, 0.05) is 71.6 Å². The van der Waals surface area contributed by atoms with E-state index >= 15 is 4.39 Å². The molecule has 236 valence electrons. The Morgan fingerprint density at radius 2 is 1.98 bits per heavy atom. The van der Waals surface area contributed by atoms with E-state index in [9.17, 15) is 5.11 Å². The molecule has 5 heterocycles. The molecule has 3 aromatic carbocycles. The summed E-state index contributed by atoms with van der Waals surface area (Å²) in [7, 11) is 0. The molecule has 1 saturated carbocycles. The smallest absolute Gasteiger partial charge is 0.319 e. The van der Waals surface area contributed by atoms with Crippen molar-refractivity contribution in [3.63, 3.8) is 0 Å². The number of phenolic OH excluding ortho intramolecular Hbond substituents is 1. The number of likely N-dealkylation sites (tertiary alicyclic amines) is 1. The van der Waals surface area contributed by atoms with Crippen molar-refractivity contribution >= 4 is 39.1 Å². The Labute approximate surface area is 271 Å². The lowest BCUT2D eigenvalue weighted by atomic mass is 9.93. The second-order valence-electron chi connectivity index (χ2n) is 13.9. The Bertz CT molecular complexity index is 1930. The van der Waals surface area contributed by atoms with Crippen LogP contribution in [0.15, 0.2) is 36.4 Å². The summed E-state index contributed by atoms with van der Waals surface area (Å²) in [5.74, 6) is 2.73. The second kappa shape index (κ2) is 10.7. The summed E-state index contributed by atoms with van der Waals surface area (Å²) >= 11 is 6.94. The van der Waals surface area contributed by atoms with Gasteiger partial charge in [0.25, 0.3) is 0 Å². The zero-order valence-electron chi connectivity index (χ0n) is 25.4. The Kier molecular flexibility index (Phi) is 6.62. The van der Waals surface area contributed by atoms with Gasteiger partial charge in [-0.1, -0.05) is 29.7 Å². The molecule has 4 saturated heterocycles. The van der Waals surface area contributed by atoms with Crippen LogP contribution in [-0.4, -0.2) is 83.6 Å². The van der Waals surface area contributed by atoms with Gasteiger partial charge in [-0.05, 0) is 67.3 Å². The Morgan fingerprint density at radius 1 is 1.15 bits per heavy atom. The third-order valence-electron chi connectivity index (χ3n) is 10.8. The average Bonchev–Trinajstić information content (AvgIpc) is 3.31. The van der Waals surface area contributed by atoms with Crippen molar-refractivity contribution in [2.45, 2.75) is 56.3 Å². The molecule has 4 bridgehead atoms. The number of morpholine rings is 1. The van der Waals surface area contributed by atoms with Crippen LogP contribution in [0.4, 0.5) is 10.2 Å². The summed E-state index contributed by atoms with van der Waals surface area (Å²) in [6, 6.07) is 11.7. The molecule has 4 aliphatic heterocycles. The van der Waals surface area contributed by atoms with Gasteiger partial charge < -0.3 is 24.8 Å². The third-order valence-corrected chi connectivity index (χ3v) is 11.1. The van der Waals surface area contributed by atoms with Gasteiger partial charge in [0.1, 0.15) is 17.1 Å². The highest BCUT2D eigenvalue weighted by Crippen LogP contribution is 2.49.